The summed E-state index contributed by atoms with van der Waals surface area (Å²) < 4.78 is 30.0. The zero-order valence-electron chi connectivity index (χ0n) is 16.0. The lowest BCUT2D eigenvalue weighted by Gasteiger charge is -2.33. The summed E-state index contributed by atoms with van der Waals surface area (Å²) >= 11 is 0. The van der Waals surface area contributed by atoms with Gasteiger partial charge in [-0.1, -0.05) is 64.4 Å². The Labute approximate surface area is 152 Å². The lowest BCUT2D eigenvalue weighted by atomic mass is 9.72. The summed E-state index contributed by atoms with van der Waals surface area (Å²) in [6.07, 6.45) is 1.03. The summed E-state index contributed by atoms with van der Waals surface area (Å²) in [5.74, 6) is 0.330. The molecule has 0 bridgehead atoms. The van der Waals surface area contributed by atoms with Crippen molar-refractivity contribution in [3.8, 4) is 5.75 Å². The molecule has 0 amide bonds. The van der Waals surface area contributed by atoms with Gasteiger partial charge in [-0.3, -0.25) is 0 Å². The van der Waals surface area contributed by atoms with Crippen LogP contribution in [0.2, 0.25) is 0 Å². The Morgan fingerprint density at radius 1 is 0.840 bits per heavy atom. The molecular formula is C21H28O3S. The highest BCUT2D eigenvalue weighted by atomic mass is 32.2. The number of benzene rings is 2. The van der Waals surface area contributed by atoms with Crippen LogP contribution >= 0.6 is 0 Å². The summed E-state index contributed by atoms with van der Waals surface area (Å²) in [4.78, 5) is 0.162. The van der Waals surface area contributed by atoms with Crippen LogP contribution in [0.5, 0.6) is 5.75 Å². The van der Waals surface area contributed by atoms with E-state index in [0.29, 0.717) is 5.75 Å². The molecular weight excluding hydrogens is 332 g/mol. The molecule has 25 heavy (non-hydrogen) atoms. The van der Waals surface area contributed by atoms with Crippen molar-refractivity contribution in [2.24, 2.45) is 5.41 Å². The molecule has 0 aromatic heterocycles. The number of aryl methyl sites for hydroxylation is 1. The van der Waals surface area contributed by atoms with E-state index in [1.54, 1.807) is 36.4 Å². The summed E-state index contributed by atoms with van der Waals surface area (Å²) in [7, 11) is -3.81. The molecule has 2 aromatic rings. The van der Waals surface area contributed by atoms with Crippen molar-refractivity contribution in [3.63, 3.8) is 0 Å². The smallest absolute Gasteiger partial charge is 0.339 e. The van der Waals surface area contributed by atoms with E-state index in [9.17, 15) is 8.42 Å². The van der Waals surface area contributed by atoms with Gasteiger partial charge in [0.15, 0.2) is 0 Å². The Morgan fingerprint density at radius 2 is 1.36 bits per heavy atom. The molecule has 0 aliphatic rings. The Bertz CT molecular complexity index is 809. The van der Waals surface area contributed by atoms with Crippen molar-refractivity contribution < 1.29 is 12.6 Å². The van der Waals surface area contributed by atoms with Crippen molar-refractivity contribution in [1.82, 2.24) is 0 Å². The zero-order valence-corrected chi connectivity index (χ0v) is 16.8. The highest BCUT2D eigenvalue weighted by Gasteiger charge is 2.27. The van der Waals surface area contributed by atoms with E-state index in [1.165, 1.54) is 5.56 Å². The van der Waals surface area contributed by atoms with E-state index < -0.39 is 10.1 Å². The van der Waals surface area contributed by atoms with Crippen LogP contribution < -0.4 is 4.18 Å². The molecule has 0 N–H and O–H groups in total. The lowest BCUT2D eigenvalue weighted by Crippen LogP contribution is -2.24. The van der Waals surface area contributed by atoms with Crippen LogP contribution in [0.1, 0.15) is 52.2 Å². The largest absolute Gasteiger partial charge is 0.379 e. The van der Waals surface area contributed by atoms with Crippen LogP contribution in [0.25, 0.3) is 0 Å². The molecule has 0 saturated heterocycles. The SMILES string of the molecule is Cc1ccc(S(=O)(=O)Oc2ccc(C(C)(C)CC(C)(C)C)cc2)cc1. The molecule has 3 nitrogen and oxygen atoms in total. The molecule has 0 heterocycles. The minimum atomic E-state index is -3.81. The number of rotatable bonds is 5. The summed E-state index contributed by atoms with van der Waals surface area (Å²) in [6, 6.07) is 14.0. The molecule has 4 heteroatoms. The summed E-state index contributed by atoms with van der Waals surface area (Å²) in [5, 5.41) is 0. The Kier molecular flexibility index (Phi) is 5.33. The van der Waals surface area contributed by atoms with Crippen LogP contribution in [0, 0.1) is 12.3 Å². The maximum atomic E-state index is 12.4. The predicted molar refractivity (Wildman–Crippen MR) is 103 cm³/mol. The van der Waals surface area contributed by atoms with E-state index in [-0.39, 0.29) is 15.7 Å². The highest BCUT2D eigenvalue weighted by molar-refractivity contribution is 7.87. The molecule has 0 aliphatic heterocycles. The van der Waals surface area contributed by atoms with E-state index in [2.05, 4.69) is 34.6 Å². The molecule has 0 saturated carbocycles. The zero-order chi connectivity index (χ0) is 18.9. The average molecular weight is 361 g/mol. The molecule has 0 atom stereocenters. The quantitative estimate of drug-likeness (QED) is 0.663. The van der Waals surface area contributed by atoms with E-state index in [0.717, 1.165) is 12.0 Å². The topological polar surface area (TPSA) is 43.4 Å². The van der Waals surface area contributed by atoms with E-state index in [4.69, 9.17) is 4.18 Å². The number of hydrogen-bond donors (Lipinski definition) is 0. The van der Waals surface area contributed by atoms with Gasteiger partial charge in [-0.15, -0.1) is 0 Å². The lowest BCUT2D eigenvalue weighted by molar-refractivity contribution is 0.284. The first-order valence-electron chi connectivity index (χ1n) is 8.51. The maximum absolute atomic E-state index is 12.4. The summed E-state index contributed by atoms with van der Waals surface area (Å²) in [5.41, 5.74) is 2.40. The first-order chi connectivity index (χ1) is 11.4. The van der Waals surface area contributed by atoms with Crippen LogP contribution in [0.15, 0.2) is 53.4 Å². The van der Waals surface area contributed by atoms with E-state index in [1.807, 2.05) is 19.1 Å². The van der Waals surface area contributed by atoms with Crippen molar-refractivity contribution in [3.05, 3.63) is 59.7 Å². The standard InChI is InChI=1S/C21H28O3S/c1-16-7-13-19(14-8-16)25(22,23)24-18-11-9-17(10-12-18)21(5,6)15-20(2,3)4/h7-14H,15H2,1-6H3. The maximum Gasteiger partial charge on any atom is 0.339 e. The normalized spacial score (nSPS) is 12.9. The average Bonchev–Trinajstić information content (AvgIpc) is 2.45. The van der Waals surface area contributed by atoms with Crippen molar-refractivity contribution in [1.29, 1.82) is 0 Å². The fourth-order valence-electron chi connectivity index (χ4n) is 3.27. The first-order valence-corrected chi connectivity index (χ1v) is 9.92. The molecule has 0 unspecified atom stereocenters. The Morgan fingerprint density at radius 3 is 1.84 bits per heavy atom. The number of hydrogen-bond acceptors (Lipinski definition) is 3. The van der Waals surface area contributed by atoms with Gasteiger partial charge in [-0.2, -0.15) is 8.42 Å². The Hall–Kier alpha value is -1.81. The molecule has 2 rings (SSSR count). The first kappa shape index (κ1) is 19.5. The van der Waals surface area contributed by atoms with Gasteiger partial charge in [0, 0.05) is 0 Å². The second kappa shape index (κ2) is 6.83. The third-order valence-electron chi connectivity index (χ3n) is 4.12. The Balaban J connectivity index is 2.19. The summed E-state index contributed by atoms with van der Waals surface area (Å²) in [6.45, 7) is 13.0. The molecule has 2 aromatic carbocycles. The minimum Gasteiger partial charge on any atom is -0.379 e. The van der Waals surface area contributed by atoms with Gasteiger partial charge in [-0.25, -0.2) is 0 Å². The van der Waals surface area contributed by atoms with Gasteiger partial charge in [0.2, 0.25) is 0 Å². The molecule has 136 valence electrons. The highest BCUT2D eigenvalue weighted by Crippen LogP contribution is 2.36. The van der Waals surface area contributed by atoms with Crippen LogP contribution in [0.4, 0.5) is 0 Å². The second-order valence-corrected chi connectivity index (χ2v) is 10.0. The van der Waals surface area contributed by atoms with Crippen molar-refractivity contribution in [2.75, 3.05) is 0 Å². The van der Waals surface area contributed by atoms with Crippen LogP contribution in [0.3, 0.4) is 0 Å². The third-order valence-corrected chi connectivity index (χ3v) is 5.39. The van der Waals surface area contributed by atoms with Gasteiger partial charge in [0.1, 0.15) is 10.6 Å². The van der Waals surface area contributed by atoms with E-state index >= 15 is 0 Å². The fraction of sp³-hybridized carbons (Fsp3) is 0.429. The third kappa shape index (κ3) is 5.33. The van der Waals surface area contributed by atoms with Crippen molar-refractivity contribution >= 4 is 10.1 Å². The molecule has 0 radical (unpaired) electrons. The van der Waals surface area contributed by atoms with Gasteiger partial charge in [-0.05, 0) is 54.0 Å². The molecule has 0 fully saturated rings. The van der Waals surface area contributed by atoms with Crippen LogP contribution in [-0.2, 0) is 15.5 Å². The fourth-order valence-corrected chi connectivity index (χ4v) is 4.20. The van der Waals surface area contributed by atoms with Gasteiger partial charge in [0.25, 0.3) is 0 Å². The van der Waals surface area contributed by atoms with Crippen molar-refractivity contribution in [2.45, 2.75) is 58.3 Å². The molecule has 0 aliphatic carbocycles. The molecule has 0 spiro atoms. The second-order valence-electron chi connectivity index (χ2n) is 8.50. The predicted octanol–water partition coefficient (Wildman–Crippen LogP) is 5.48. The van der Waals surface area contributed by atoms with Gasteiger partial charge in [0.05, 0.1) is 0 Å². The van der Waals surface area contributed by atoms with Crippen LogP contribution in [-0.4, -0.2) is 8.42 Å². The van der Waals surface area contributed by atoms with Gasteiger partial charge < -0.3 is 4.18 Å². The minimum absolute atomic E-state index is 0.00656. The van der Waals surface area contributed by atoms with Gasteiger partial charge >= 0.3 is 10.1 Å². The monoisotopic (exact) mass is 360 g/mol.